The number of aryl methyl sites for hydroxylation is 1. The van der Waals surface area contributed by atoms with Gasteiger partial charge in [0, 0.05) is 17.4 Å². The normalized spacial score (nSPS) is 11.4. The van der Waals surface area contributed by atoms with Crippen LogP contribution < -0.4 is 64.7 Å². The van der Waals surface area contributed by atoms with Gasteiger partial charge in [-0.05, 0) is 31.2 Å². The van der Waals surface area contributed by atoms with Gasteiger partial charge in [-0.2, -0.15) is 16.8 Å². The van der Waals surface area contributed by atoms with Gasteiger partial charge in [0.15, 0.2) is 11.4 Å². The van der Waals surface area contributed by atoms with Crippen molar-refractivity contribution >= 4 is 31.6 Å². The molecule has 17 heteroatoms. The number of hydrogen-bond acceptors (Lipinski definition) is 8. The number of nitrogens with zero attached hydrogens (tertiary/aromatic N) is 3. The van der Waals surface area contributed by atoms with Gasteiger partial charge in [0.25, 0.3) is 25.8 Å². The molecule has 0 radical (unpaired) electrons. The SMILES string of the molecule is Cc1[nH]n(-c2ccccc2)c(=O)c1N=Nc1cc(S(=O)(=O)O)cc(S(=O)(=O)O)c1O.[Cr].[Na+].[Na+]. The van der Waals surface area contributed by atoms with Crippen LogP contribution in [-0.2, 0) is 37.6 Å². The Morgan fingerprint density at radius 1 is 0.939 bits per heavy atom. The summed E-state index contributed by atoms with van der Waals surface area (Å²) in [7, 11) is -9.99. The maximum absolute atomic E-state index is 12.6. The first-order chi connectivity index (χ1) is 13.9. The van der Waals surface area contributed by atoms with Crippen molar-refractivity contribution < 1.29 is 108 Å². The van der Waals surface area contributed by atoms with Crippen LogP contribution in [0.2, 0.25) is 0 Å². The summed E-state index contributed by atoms with van der Waals surface area (Å²) in [6.45, 7) is 1.51. The Bertz CT molecular complexity index is 1440. The van der Waals surface area contributed by atoms with Crippen LogP contribution in [0.4, 0.5) is 11.4 Å². The minimum absolute atomic E-state index is 0. The molecule has 0 saturated carbocycles. The Kier molecular flexibility index (Phi) is 12.0. The largest absolute Gasteiger partial charge is 1.00 e. The van der Waals surface area contributed by atoms with E-state index in [0.29, 0.717) is 17.8 Å². The summed E-state index contributed by atoms with van der Waals surface area (Å²) in [4.78, 5) is 10.4. The summed E-state index contributed by atoms with van der Waals surface area (Å²) in [6, 6.07) is 9.44. The third kappa shape index (κ3) is 7.34. The molecule has 0 amide bonds. The van der Waals surface area contributed by atoms with E-state index in [1.807, 2.05) is 0 Å². The molecule has 1 heterocycles. The number of phenolic OH excluding ortho intramolecular Hbond substituents is 1. The second-order valence-electron chi connectivity index (χ2n) is 6.00. The molecule has 2 aromatic carbocycles. The number of phenols is 1. The Hall–Kier alpha value is -0.798. The van der Waals surface area contributed by atoms with Crippen LogP contribution in [0.15, 0.2) is 67.3 Å². The third-order valence-corrected chi connectivity index (χ3v) is 5.62. The molecule has 0 aliphatic heterocycles. The van der Waals surface area contributed by atoms with Crippen LogP contribution in [0.3, 0.4) is 0 Å². The second kappa shape index (κ2) is 12.2. The minimum atomic E-state index is -5.07. The first kappa shape index (κ1) is 32.2. The van der Waals surface area contributed by atoms with E-state index in [4.69, 9.17) is 0 Å². The molecule has 0 aliphatic rings. The number of H-pyrrole nitrogens is 1. The number of nitrogens with one attached hydrogen (secondary N) is 1. The summed E-state index contributed by atoms with van der Waals surface area (Å²) in [5.41, 5.74) is -0.777. The number of para-hydroxylation sites is 1. The van der Waals surface area contributed by atoms with Crippen LogP contribution in [0, 0.1) is 6.92 Å². The Labute approximate surface area is 243 Å². The van der Waals surface area contributed by atoms with E-state index in [0.717, 1.165) is 0 Å². The number of aromatic hydroxyl groups is 1. The van der Waals surface area contributed by atoms with E-state index in [9.17, 15) is 35.8 Å². The Morgan fingerprint density at radius 2 is 1.52 bits per heavy atom. The van der Waals surface area contributed by atoms with Crippen molar-refractivity contribution in [2.75, 3.05) is 0 Å². The minimum Gasteiger partial charge on any atom is -0.504 e. The topological polar surface area (TPSA) is 191 Å². The fourth-order valence-corrected chi connectivity index (χ4v) is 3.74. The van der Waals surface area contributed by atoms with Gasteiger partial charge in [-0.15, -0.1) is 10.2 Å². The van der Waals surface area contributed by atoms with Gasteiger partial charge in [-0.25, -0.2) is 4.68 Å². The van der Waals surface area contributed by atoms with E-state index in [1.54, 1.807) is 30.3 Å². The molecule has 0 aliphatic carbocycles. The quantitative estimate of drug-likeness (QED) is 0.140. The predicted molar refractivity (Wildman–Crippen MR) is 103 cm³/mol. The zero-order chi connectivity index (χ0) is 22.3. The van der Waals surface area contributed by atoms with Gasteiger partial charge >= 0.3 is 59.1 Å². The van der Waals surface area contributed by atoms with Crippen LogP contribution in [0.25, 0.3) is 5.69 Å². The second-order valence-corrected chi connectivity index (χ2v) is 8.81. The molecule has 0 unspecified atom stereocenters. The van der Waals surface area contributed by atoms with Crippen molar-refractivity contribution in [1.82, 2.24) is 9.78 Å². The number of hydrogen-bond donors (Lipinski definition) is 4. The van der Waals surface area contributed by atoms with Crippen molar-refractivity contribution in [3.05, 3.63) is 58.5 Å². The van der Waals surface area contributed by atoms with Crippen LogP contribution in [-0.4, -0.2) is 40.8 Å². The van der Waals surface area contributed by atoms with E-state index < -0.39 is 47.0 Å². The summed E-state index contributed by atoms with van der Waals surface area (Å²) < 4.78 is 65.1. The van der Waals surface area contributed by atoms with E-state index in [2.05, 4.69) is 15.3 Å². The molecule has 0 spiro atoms. The molecule has 0 fully saturated rings. The monoisotopic (exact) mass is 552 g/mol. The summed E-state index contributed by atoms with van der Waals surface area (Å²) in [5, 5.41) is 20.0. The molecule has 4 N–H and O–H groups in total. The predicted octanol–water partition coefficient (Wildman–Crippen LogP) is -3.91. The van der Waals surface area contributed by atoms with E-state index in [1.165, 1.54) is 11.6 Å². The standard InChI is InChI=1S/C16H14N4O8S2.Cr.2Na/c1-9-14(16(22)20(19-9)10-5-3-2-4-6-10)18-17-12-7-11(29(23,24)25)8-13(15(12)21)30(26,27)28;;;/h2-8,19,21H,1H3,(H,23,24,25)(H,26,27,28);;;/q;;2*+1. The molecule has 0 atom stereocenters. The smallest absolute Gasteiger partial charge is 0.504 e. The van der Waals surface area contributed by atoms with Crippen molar-refractivity contribution in [2.24, 2.45) is 10.2 Å². The summed E-state index contributed by atoms with van der Waals surface area (Å²) in [6.07, 6.45) is 0. The van der Waals surface area contributed by atoms with Gasteiger partial charge in [0.1, 0.15) is 10.6 Å². The maximum atomic E-state index is 12.6. The average Bonchev–Trinajstić information content (AvgIpc) is 2.93. The van der Waals surface area contributed by atoms with Crippen molar-refractivity contribution in [2.45, 2.75) is 16.7 Å². The van der Waals surface area contributed by atoms with Crippen molar-refractivity contribution in [3.8, 4) is 11.4 Å². The summed E-state index contributed by atoms with van der Waals surface area (Å²) >= 11 is 0. The molecule has 164 valence electrons. The molecule has 12 nitrogen and oxygen atoms in total. The first-order valence-electron chi connectivity index (χ1n) is 8.00. The zero-order valence-corrected chi connectivity index (χ0v) is 24.4. The van der Waals surface area contributed by atoms with Gasteiger partial charge in [0.2, 0.25) is 0 Å². The molecular weight excluding hydrogens is 538 g/mol. The molecule has 0 bridgehead atoms. The van der Waals surface area contributed by atoms with Gasteiger partial charge in [-0.1, -0.05) is 18.2 Å². The third-order valence-electron chi connectivity index (χ3n) is 3.92. The molecule has 1 aromatic heterocycles. The van der Waals surface area contributed by atoms with Gasteiger partial charge in [-0.3, -0.25) is 19.0 Å². The number of aromatic amines is 1. The Balaban J connectivity index is 0.00000341. The molecular formula is C16H14CrN4Na2O8S2+2. The van der Waals surface area contributed by atoms with E-state index >= 15 is 0 Å². The number of aromatic nitrogens is 2. The van der Waals surface area contributed by atoms with E-state index in [-0.39, 0.29) is 87.9 Å². The van der Waals surface area contributed by atoms with Gasteiger partial charge in [0.05, 0.1) is 16.3 Å². The van der Waals surface area contributed by atoms with Crippen LogP contribution in [0.1, 0.15) is 5.69 Å². The molecule has 3 aromatic rings. The van der Waals surface area contributed by atoms with Crippen LogP contribution in [0.5, 0.6) is 5.75 Å². The number of rotatable bonds is 5. The average molecular weight is 552 g/mol. The zero-order valence-electron chi connectivity index (χ0n) is 17.5. The fourth-order valence-electron chi connectivity index (χ4n) is 2.51. The molecule has 33 heavy (non-hydrogen) atoms. The van der Waals surface area contributed by atoms with Gasteiger partial charge < -0.3 is 5.11 Å². The fraction of sp³-hybridized carbons (Fsp3) is 0.0625. The van der Waals surface area contributed by atoms with Crippen molar-refractivity contribution in [1.29, 1.82) is 0 Å². The number of azo groups is 1. The molecule has 0 saturated heterocycles. The van der Waals surface area contributed by atoms with Crippen molar-refractivity contribution in [3.63, 3.8) is 0 Å². The summed E-state index contributed by atoms with van der Waals surface area (Å²) in [5.74, 6) is -1.12. The molecule has 3 rings (SSSR count). The maximum Gasteiger partial charge on any atom is 1.00 e. The number of benzene rings is 2. The first-order valence-corrected chi connectivity index (χ1v) is 10.9. The van der Waals surface area contributed by atoms with Crippen LogP contribution >= 0.6 is 0 Å². The Morgan fingerprint density at radius 3 is 2.03 bits per heavy atom.